The van der Waals surface area contributed by atoms with E-state index in [1.54, 1.807) is 0 Å². The fourth-order valence-electron chi connectivity index (χ4n) is 1.26. The second-order valence-electron chi connectivity index (χ2n) is 8.62. The molecule has 0 spiro atoms. The van der Waals surface area contributed by atoms with Crippen LogP contribution in [-0.4, -0.2) is 93.7 Å². The van der Waals surface area contributed by atoms with E-state index in [1.807, 2.05) is 0 Å². The van der Waals surface area contributed by atoms with Gasteiger partial charge in [-0.1, -0.05) is 107 Å². The zero-order chi connectivity index (χ0) is 33.0. The maximum atomic E-state index is 8.07. The zero-order valence-electron chi connectivity index (χ0n) is 29.5. The van der Waals surface area contributed by atoms with Crippen LogP contribution >= 0.6 is 0 Å². The third-order valence-corrected chi connectivity index (χ3v) is 4.09. The van der Waals surface area contributed by atoms with Gasteiger partial charge >= 0.3 is 0 Å². The van der Waals surface area contributed by atoms with Gasteiger partial charge in [0.2, 0.25) is 0 Å². The molecule has 0 radical (unpaired) electrons. The Labute approximate surface area is 301 Å². The van der Waals surface area contributed by atoms with E-state index in [1.165, 1.54) is 0 Å². The van der Waals surface area contributed by atoms with Crippen molar-refractivity contribution in [1.82, 2.24) is 0 Å². The van der Waals surface area contributed by atoms with Gasteiger partial charge in [-0.25, -0.2) is 0 Å². The summed E-state index contributed by atoms with van der Waals surface area (Å²) in [4.78, 5) is 0. The van der Waals surface area contributed by atoms with Crippen LogP contribution in [0.25, 0.3) is 0 Å². The topological polar surface area (TPSA) is 162 Å². The Morgan fingerprint density at radius 3 is 0.286 bits per heavy atom. The molecule has 8 nitrogen and oxygen atoms in total. The van der Waals surface area contributed by atoms with Crippen LogP contribution < -0.4 is 0 Å². The largest absolute Gasteiger partial charge is 0.396 e. The van der Waals surface area contributed by atoms with E-state index in [-0.39, 0.29) is 51.7 Å². The first-order valence-electron chi connectivity index (χ1n) is 16.2. The third kappa shape index (κ3) is 223. The molecule has 264 valence electrons. The number of aliphatic hydroxyl groups excluding tert-OH is 8. The molecule has 0 unspecified atom stereocenters. The first kappa shape index (κ1) is 70.0. The minimum absolute atomic E-state index is 0. The second kappa shape index (κ2) is 113. The molecule has 0 aliphatic rings. The molecule has 0 saturated heterocycles. The Kier molecular flexibility index (Phi) is 188. The molecule has 10 heteroatoms. The van der Waals surface area contributed by atoms with Crippen molar-refractivity contribution in [2.45, 2.75) is 158 Å². The number of hydrogen-bond acceptors (Lipinski definition) is 8. The van der Waals surface area contributed by atoms with Crippen LogP contribution in [0, 0.1) is 0 Å². The molecule has 0 aromatic heterocycles. The van der Waals surface area contributed by atoms with Gasteiger partial charge in [-0.3, -0.25) is 0 Å². The van der Waals surface area contributed by atoms with Gasteiger partial charge in [0.1, 0.15) is 0 Å². The van der Waals surface area contributed by atoms with E-state index >= 15 is 0 Å². The number of hydrogen-bond donors (Lipinski definition) is 8. The normalized spacial score (nSPS) is 8.00. The molecule has 0 aliphatic heterocycles. The Balaban J connectivity index is -0.0000000346. The summed E-state index contributed by atoms with van der Waals surface area (Å²) in [6.45, 7) is 19.2. The van der Waals surface area contributed by atoms with E-state index in [9.17, 15) is 0 Å². The van der Waals surface area contributed by atoms with E-state index in [0.717, 1.165) is 103 Å². The zero-order valence-corrected chi connectivity index (χ0v) is 36.7. The standard InChI is InChI=1S/8C4H10O.2Hf/c8*1-2-3-4-5;;/h8*5H,2-4H2,1H3;;. The molecule has 8 N–H and O–H groups in total. The van der Waals surface area contributed by atoms with Crippen LogP contribution in [0.5, 0.6) is 0 Å². The van der Waals surface area contributed by atoms with Crippen LogP contribution in [0.2, 0.25) is 0 Å². The van der Waals surface area contributed by atoms with Crippen molar-refractivity contribution in [1.29, 1.82) is 0 Å². The van der Waals surface area contributed by atoms with E-state index in [2.05, 4.69) is 55.4 Å². The first-order valence-corrected chi connectivity index (χ1v) is 16.2. The van der Waals surface area contributed by atoms with Crippen LogP contribution in [0.3, 0.4) is 0 Å². The van der Waals surface area contributed by atoms with Crippen molar-refractivity contribution in [3.8, 4) is 0 Å². The fraction of sp³-hybridized carbons (Fsp3) is 1.00. The average Bonchev–Trinajstić information content (AvgIpc) is 2.95. The molecule has 0 aliphatic carbocycles. The maximum absolute atomic E-state index is 8.07. The van der Waals surface area contributed by atoms with Crippen LogP contribution in [0.1, 0.15) is 158 Å². The average molecular weight is 950 g/mol. The Morgan fingerprint density at radius 2 is 0.286 bits per heavy atom. The van der Waals surface area contributed by atoms with Crippen molar-refractivity contribution in [2.75, 3.05) is 52.9 Å². The van der Waals surface area contributed by atoms with Crippen LogP contribution in [-0.2, 0) is 51.7 Å². The summed E-state index contributed by atoms with van der Waals surface area (Å²) in [5, 5.41) is 64.5. The summed E-state index contributed by atoms with van der Waals surface area (Å²) in [5.74, 6) is 0. The Bertz CT molecular complexity index is 173. The third-order valence-electron chi connectivity index (χ3n) is 4.09. The van der Waals surface area contributed by atoms with Gasteiger partial charge in [-0.05, 0) is 51.4 Å². The van der Waals surface area contributed by atoms with Crippen molar-refractivity contribution in [2.24, 2.45) is 0 Å². The van der Waals surface area contributed by atoms with Gasteiger partial charge in [0.15, 0.2) is 0 Å². The molecule has 0 aromatic rings. The summed E-state index contributed by atoms with van der Waals surface area (Å²) in [5.41, 5.74) is 0. The van der Waals surface area contributed by atoms with Gasteiger partial charge in [0.25, 0.3) is 0 Å². The molecule has 0 aromatic carbocycles. The van der Waals surface area contributed by atoms with Crippen molar-refractivity contribution >= 4 is 0 Å². The summed E-state index contributed by atoms with van der Waals surface area (Å²) in [7, 11) is 0. The molecule has 0 bridgehead atoms. The van der Waals surface area contributed by atoms with Gasteiger partial charge in [-0.15, -0.1) is 0 Å². The summed E-state index contributed by atoms with van der Waals surface area (Å²) in [6.07, 6.45) is 16.3. The number of aliphatic hydroxyl groups is 8. The molecule has 42 heavy (non-hydrogen) atoms. The van der Waals surface area contributed by atoms with E-state index < -0.39 is 0 Å². The first-order chi connectivity index (χ1) is 19.3. The molecular weight excluding hydrogens is 869 g/mol. The maximum Gasteiger partial charge on any atom is 0.0430 e. The fourth-order valence-corrected chi connectivity index (χ4v) is 1.26. The van der Waals surface area contributed by atoms with Gasteiger partial charge in [0, 0.05) is 105 Å². The van der Waals surface area contributed by atoms with Gasteiger partial charge in [-0.2, -0.15) is 0 Å². The molecule has 0 saturated carbocycles. The molecule has 0 atom stereocenters. The van der Waals surface area contributed by atoms with Crippen molar-refractivity contribution in [3.63, 3.8) is 0 Å². The van der Waals surface area contributed by atoms with Gasteiger partial charge in [0.05, 0.1) is 0 Å². The quantitative estimate of drug-likeness (QED) is 0.0847. The Hall–Kier alpha value is 1.42. The second-order valence-corrected chi connectivity index (χ2v) is 8.62. The SMILES string of the molecule is CCCCO.CCCCO.CCCCO.CCCCO.CCCCO.CCCCO.CCCCO.CCCCO.[Hf].[Hf]. The van der Waals surface area contributed by atoms with E-state index in [0.29, 0.717) is 52.9 Å². The van der Waals surface area contributed by atoms with Gasteiger partial charge < -0.3 is 40.9 Å². The molecule has 0 rings (SSSR count). The predicted molar refractivity (Wildman–Crippen MR) is 176 cm³/mol. The molecule has 0 fully saturated rings. The van der Waals surface area contributed by atoms with Crippen LogP contribution in [0.4, 0.5) is 0 Å². The molecule has 0 amide bonds. The Morgan fingerprint density at radius 1 is 0.214 bits per heavy atom. The monoisotopic (exact) mass is 952 g/mol. The van der Waals surface area contributed by atoms with Crippen LogP contribution in [0.15, 0.2) is 0 Å². The molecule has 0 heterocycles. The summed E-state index contributed by atoms with van der Waals surface area (Å²) >= 11 is 0. The molecular formula is C32H80Hf2O8. The summed E-state index contributed by atoms with van der Waals surface area (Å²) in [6, 6.07) is 0. The van der Waals surface area contributed by atoms with Crippen molar-refractivity contribution < 1.29 is 92.5 Å². The smallest absolute Gasteiger partial charge is 0.0430 e. The number of rotatable bonds is 16. The van der Waals surface area contributed by atoms with E-state index in [4.69, 9.17) is 40.9 Å². The van der Waals surface area contributed by atoms with Crippen molar-refractivity contribution in [3.05, 3.63) is 0 Å². The minimum Gasteiger partial charge on any atom is -0.396 e. The number of unbranched alkanes of at least 4 members (excludes halogenated alkanes) is 8. The summed E-state index contributed by atoms with van der Waals surface area (Å²) < 4.78 is 0. The minimum atomic E-state index is 0. The predicted octanol–water partition coefficient (Wildman–Crippen LogP) is 6.23.